The first-order valence-corrected chi connectivity index (χ1v) is 7.93. The quantitative estimate of drug-likeness (QED) is 0.868. The molecule has 3 nitrogen and oxygen atoms in total. The van der Waals surface area contributed by atoms with Crippen LogP contribution in [0.4, 0.5) is 0 Å². The minimum Gasteiger partial charge on any atom is -0.338 e. The first-order valence-electron chi connectivity index (χ1n) is 7.05. The van der Waals surface area contributed by atoms with Crippen molar-refractivity contribution in [1.82, 2.24) is 9.88 Å². The van der Waals surface area contributed by atoms with Crippen molar-refractivity contribution < 1.29 is 4.79 Å². The number of nitrogens with zero attached hydrogens (tertiary/aromatic N) is 2. The van der Waals surface area contributed by atoms with Crippen molar-refractivity contribution in [3.8, 4) is 0 Å². The van der Waals surface area contributed by atoms with Gasteiger partial charge < -0.3 is 4.90 Å². The molecule has 0 aromatic carbocycles. The van der Waals surface area contributed by atoms with Crippen LogP contribution in [-0.2, 0) is 6.42 Å². The van der Waals surface area contributed by atoms with Gasteiger partial charge in [-0.05, 0) is 48.8 Å². The third kappa shape index (κ3) is 3.07. The van der Waals surface area contributed by atoms with Gasteiger partial charge in [0.15, 0.2) is 0 Å². The molecule has 2 aromatic heterocycles. The van der Waals surface area contributed by atoms with E-state index >= 15 is 0 Å². The lowest BCUT2D eigenvalue weighted by Crippen LogP contribution is -2.40. The molecule has 1 fully saturated rings. The summed E-state index contributed by atoms with van der Waals surface area (Å²) in [6, 6.07) is 9.89. The van der Waals surface area contributed by atoms with Gasteiger partial charge in [0.05, 0.1) is 4.88 Å². The molecule has 4 heteroatoms. The Morgan fingerprint density at radius 3 is 3.05 bits per heavy atom. The van der Waals surface area contributed by atoms with Gasteiger partial charge in [-0.25, -0.2) is 0 Å². The van der Waals surface area contributed by atoms with Gasteiger partial charge in [-0.2, -0.15) is 0 Å². The molecule has 0 N–H and O–H groups in total. The zero-order chi connectivity index (χ0) is 13.8. The van der Waals surface area contributed by atoms with Crippen molar-refractivity contribution in [2.75, 3.05) is 13.1 Å². The monoisotopic (exact) mass is 286 g/mol. The molecule has 0 saturated carbocycles. The van der Waals surface area contributed by atoms with Crippen molar-refractivity contribution in [2.24, 2.45) is 5.92 Å². The highest BCUT2D eigenvalue weighted by molar-refractivity contribution is 7.12. The molecule has 3 heterocycles. The number of carbonyl (C=O) groups excluding carboxylic acids is 1. The van der Waals surface area contributed by atoms with Crippen molar-refractivity contribution in [2.45, 2.75) is 19.3 Å². The van der Waals surface area contributed by atoms with E-state index in [4.69, 9.17) is 0 Å². The Hall–Kier alpha value is -1.68. The molecule has 1 atom stereocenters. The summed E-state index contributed by atoms with van der Waals surface area (Å²) in [4.78, 5) is 19.6. The second-order valence-corrected chi connectivity index (χ2v) is 6.21. The van der Waals surface area contributed by atoms with Gasteiger partial charge in [-0.1, -0.05) is 12.1 Å². The van der Waals surface area contributed by atoms with E-state index in [1.54, 1.807) is 0 Å². The Morgan fingerprint density at radius 1 is 1.35 bits per heavy atom. The Labute approximate surface area is 123 Å². The van der Waals surface area contributed by atoms with Crippen LogP contribution < -0.4 is 0 Å². The summed E-state index contributed by atoms with van der Waals surface area (Å²) in [6.45, 7) is 1.74. The van der Waals surface area contributed by atoms with Crippen molar-refractivity contribution in [3.05, 3.63) is 52.5 Å². The molecule has 0 aliphatic carbocycles. The molecule has 104 valence electrons. The van der Waals surface area contributed by atoms with Gasteiger partial charge >= 0.3 is 0 Å². The Balaban J connectivity index is 1.63. The fourth-order valence-electron chi connectivity index (χ4n) is 2.79. The Kier molecular flexibility index (Phi) is 4.11. The first-order chi connectivity index (χ1) is 9.83. The molecular formula is C16H18N2OS. The molecule has 1 aliphatic heterocycles. The molecule has 0 spiro atoms. The van der Waals surface area contributed by atoms with E-state index in [0.29, 0.717) is 5.92 Å². The standard InChI is InChI=1S/C16H18N2OS/c19-16(15-7-4-10-20-15)18-9-3-5-13(12-18)11-14-6-1-2-8-17-14/h1-2,4,6-8,10,13H,3,5,9,11-12H2/t13-/m1/s1. The molecule has 1 saturated heterocycles. The summed E-state index contributed by atoms with van der Waals surface area (Å²) in [7, 11) is 0. The minimum atomic E-state index is 0.186. The van der Waals surface area contributed by atoms with Gasteiger partial charge in [-0.15, -0.1) is 11.3 Å². The number of rotatable bonds is 3. The van der Waals surface area contributed by atoms with Crippen LogP contribution in [0.5, 0.6) is 0 Å². The fraction of sp³-hybridized carbons (Fsp3) is 0.375. The predicted octanol–water partition coefficient (Wildman–Crippen LogP) is 3.24. The molecule has 3 rings (SSSR count). The van der Waals surface area contributed by atoms with Crippen molar-refractivity contribution in [3.63, 3.8) is 0 Å². The lowest BCUT2D eigenvalue weighted by molar-refractivity contribution is 0.0677. The molecule has 0 bridgehead atoms. The number of amides is 1. The van der Waals surface area contributed by atoms with E-state index in [2.05, 4.69) is 11.1 Å². The Bertz CT molecular complexity index is 553. The van der Waals surface area contributed by atoms with Gasteiger partial charge in [0.2, 0.25) is 0 Å². The predicted molar refractivity (Wildman–Crippen MR) is 80.9 cm³/mol. The number of pyridine rings is 1. The zero-order valence-electron chi connectivity index (χ0n) is 11.4. The fourth-order valence-corrected chi connectivity index (χ4v) is 3.48. The highest BCUT2D eigenvalue weighted by Gasteiger charge is 2.25. The van der Waals surface area contributed by atoms with Crippen LogP contribution in [0.2, 0.25) is 0 Å². The topological polar surface area (TPSA) is 33.2 Å². The first kappa shape index (κ1) is 13.3. The summed E-state index contributed by atoms with van der Waals surface area (Å²) in [5, 5.41) is 1.96. The number of hydrogen-bond acceptors (Lipinski definition) is 3. The van der Waals surface area contributed by atoms with E-state index < -0.39 is 0 Å². The molecular weight excluding hydrogens is 268 g/mol. The molecule has 0 radical (unpaired) electrons. The Morgan fingerprint density at radius 2 is 2.30 bits per heavy atom. The highest BCUT2D eigenvalue weighted by atomic mass is 32.1. The number of likely N-dealkylation sites (tertiary alicyclic amines) is 1. The molecule has 1 amide bonds. The average molecular weight is 286 g/mol. The molecule has 20 heavy (non-hydrogen) atoms. The molecule has 1 aliphatic rings. The van der Waals surface area contributed by atoms with Gasteiger partial charge in [-0.3, -0.25) is 9.78 Å². The summed E-state index contributed by atoms with van der Waals surface area (Å²) < 4.78 is 0. The normalized spacial score (nSPS) is 19.0. The van der Waals surface area contributed by atoms with Gasteiger partial charge in [0, 0.05) is 25.0 Å². The van der Waals surface area contributed by atoms with Gasteiger partial charge in [0.1, 0.15) is 0 Å². The molecule has 0 unspecified atom stereocenters. The number of hydrogen-bond donors (Lipinski definition) is 0. The molecule has 2 aromatic rings. The van der Waals surface area contributed by atoms with Crippen molar-refractivity contribution >= 4 is 17.2 Å². The lowest BCUT2D eigenvalue weighted by atomic mass is 9.93. The van der Waals surface area contributed by atoms with E-state index in [-0.39, 0.29) is 5.91 Å². The van der Waals surface area contributed by atoms with Crippen molar-refractivity contribution in [1.29, 1.82) is 0 Å². The highest BCUT2D eigenvalue weighted by Crippen LogP contribution is 2.22. The van der Waals surface area contributed by atoms with Crippen LogP contribution in [0.15, 0.2) is 41.9 Å². The van der Waals surface area contributed by atoms with Crippen LogP contribution in [0.3, 0.4) is 0 Å². The summed E-state index contributed by atoms with van der Waals surface area (Å²) in [5.74, 6) is 0.716. The SMILES string of the molecule is O=C(c1cccs1)N1CCC[C@H](Cc2ccccn2)C1. The average Bonchev–Trinajstić information content (AvgIpc) is 3.02. The number of carbonyl (C=O) groups is 1. The maximum atomic E-state index is 12.4. The van der Waals surface area contributed by atoms with E-state index in [9.17, 15) is 4.79 Å². The summed E-state index contributed by atoms with van der Waals surface area (Å²) >= 11 is 1.53. The van der Waals surface area contributed by atoms with E-state index in [1.165, 1.54) is 17.8 Å². The smallest absolute Gasteiger partial charge is 0.263 e. The third-order valence-corrected chi connectivity index (χ3v) is 4.62. The third-order valence-electron chi connectivity index (χ3n) is 3.76. The number of aromatic nitrogens is 1. The second kappa shape index (κ2) is 6.18. The lowest BCUT2D eigenvalue weighted by Gasteiger charge is -2.32. The van der Waals surface area contributed by atoms with E-state index in [0.717, 1.165) is 36.5 Å². The maximum Gasteiger partial charge on any atom is 0.263 e. The van der Waals surface area contributed by atoms with E-state index in [1.807, 2.05) is 40.7 Å². The minimum absolute atomic E-state index is 0.186. The number of piperidine rings is 1. The van der Waals surface area contributed by atoms with Crippen LogP contribution in [0, 0.1) is 5.92 Å². The summed E-state index contributed by atoms with van der Waals surface area (Å²) in [6.07, 6.45) is 5.08. The maximum absolute atomic E-state index is 12.4. The van der Waals surface area contributed by atoms with Crippen LogP contribution in [-0.4, -0.2) is 28.9 Å². The van der Waals surface area contributed by atoms with Crippen LogP contribution in [0.25, 0.3) is 0 Å². The largest absolute Gasteiger partial charge is 0.338 e. The second-order valence-electron chi connectivity index (χ2n) is 5.26. The number of thiophene rings is 1. The zero-order valence-corrected chi connectivity index (χ0v) is 12.2. The summed E-state index contributed by atoms with van der Waals surface area (Å²) in [5.41, 5.74) is 1.13. The van der Waals surface area contributed by atoms with Crippen LogP contribution >= 0.6 is 11.3 Å². The van der Waals surface area contributed by atoms with Crippen LogP contribution in [0.1, 0.15) is 28.2 Å². The van der Waals surface area contributed by atoms with Gasteiger partial charge in [0.25, 0.3) is 5.91 Å².